The molecular formula is C17H11F3O3S. The van der Waals surface area contributed by atoms with Crippen LogP contribution in [0.5, 0.6) is 0 Å². The fraction of sp³-hybridized carbons (Fsp3) is 0.0588. The molecule has 0 amide bonds. The smallest absolute Gasteiger partial charge is 0.313 e. The number of hydrogen-bond donors (Lipinski definition) is 1. The summed E-state index contributed by atoms with van der Waals surface area (Å²) in [6.07, 6.45) is 1.93. The molecule has 0 aliphatic carbocycles. The van der Waals surface area contributed by atoms with E-state index in [0.29, 0.717) is 0 Å². The molecule has 0 aromatic heterocycles. The summed E-state index contributed by atoms with van der Waals surface area (Å²) >= 11 is 0.787. The maximum Gasteiger partial charge on any atom is 0.313 e. The number of rotatable bonds is 6. The number of carboxylic acids is 1. The van der Waals surface area contributed by atoms with Crippen molar-refractivity contribution in [3.63, 3.8) is 0 Å². The molecular weight excluding hydrogens is 341 g/mol. The van der Waals surface area contributed by atoms with Crippen molar-refractivity contribution in [1.29, 1.82) is 0 Å². The van der Waals surface area contributed by atoms with Gasteiger partial charge in [0, 0.05) is 16.0 Å². The third-order valence-electron chi connectivity index (χ3n) is 2.97. The standard InChI is InChI=1S/C17H11F3O3S/c18-12-2-1-3-13(19)11(12)5-6-15(21)10-4-7-16(14(20)8-10)24-9-17(22)23/h1-8H,9H2,(H,22,23)/b6-5+. The van der Waals surface area contributed by atoms with Crippen molar-refractivity contribution in [3.8, 4) is 0 Å². The van der Waals surface area contributed by atoms with E-state index in [4.69, 9.17) is 5.11 Å². The number of benzene rings is 2. The van der Waals surface area contributed by atoms with Gasteiger partial charge in [0.2, 0.25) is 0 Å². The highest BCUT2D eigenvalue weighted by molar-refractivity contribution is 8.00. The van der Waals surface area contributed by atoms with Gasteiger partial charge >= 0.3 is 5.97 Å². The lowest BCUT2D eigenvalue weighted by Crippen LogP contribution is -2.00. The number of hydrogen-bond acceptors (Lipinski definition) is 3. The molecule has 2 aromatic rings. The molecule has 0 unspecified atom stereocenters. The van der Waals surface area contributed by atoms with Crippen molar-refractivity contribution in [2.75, 3.05) is 5.75 Å². The first kappa shape index (κ1) is 17.8. The maximum atomic E-state index is 13.8. The Bertz CT molecular complexity index is 798. The van der Waals surface area contributed by atoms with Crippen LogP contribution in [0.15, 0.2) is 47.4 Å². The maximum absolute atomic E-state index is 13.8. The molecule has 0 saturated carbocycles. The molecule has 24 heavy (non-hydrogen) atoms. The number of carboxylic acid groups (broad SMARTS) is 1. The fourth-order valence-electron chi connectivity index (χ4n) is 1.84. The van der Waals surface area contributed by atoms with E-state index in [0.717, 1.165) is 42.1 Å². The van der Waals surface area contributed by atoms with Crippen molar-refractivity contribution in [2.24, 2.45) is 0 Å². The summed E-state index contributed by atoms with van der Waals surface area (Å²) in [7, 11) is 0. The Morgan fingerprint density at radius 3 is 2.29 bits per heavy atom. The topological polar surface area (TPSA) is 54.4 Å². The average Bonchev–Trinajstić information content (AvgIpc) is 2.52. The van der Waals surface area contributed by atoms with Gasteiger partial charge in [0.1, 0.15) is 17.5 Å². The van der Waals surface area contributed by atoms with Crippen LogP contribution < -0.4 is 0 Å². The zero-order valence-corrected chi connectivity index (χ0v) is 12.9. The first-order chi connectivity index (χ1) is 11.4. The summed E-state index contributed by atoms with van der Waals surface area (Å²) in [5.41, 5.74) is -0.375. The fourth-order valence-corrected chi connectivity index (χ4v) is 2.48. The van der Waals surface area contributed by atoms with E-state index in [1.807, 2.05) is 0 Å². The monoisotopic (exact) mass is 352 g/mol. The molecule has 7 heteroatoms. The molecule has 2 rings (SSSR count). The Morgan fingerprint density at radius 1 is 1.04 bits per heavy atom. The lowest BCUT2D eigenvalue weighted by molar-refractivity contribution is -0.133. The van der Waals surface area contributed by atoms with Gasteiger partial charge in [-0.1, -0.05) is 6.07 Å². The van der Waals surface area contributed by atoms with Crippen LogP contribution >= 0.6 is 11.8 Å². The molecule has 0 bridgehead atoms. The van der Waals surface area contributed by atoms with Gasteiger partial charge in [0.25, 0.3) is 0 Å². The van der Waals surface area contributed by atoms with E-state index >= 15 is 0 Å². The lowest BCUT2D eigenvalue weighted by atomic mass is 10.1. The SMILES string of the molecule is O=C(O)CSc1ccc(C(=O)/C=C/c2c(F)cccc2F)cc1F. The van der Waals surface area contributed by atoms with Gasteiger partial charge in [-0.2, -0.15) is 0 Å². The van der Waals surface area contributed by atoms with E-state index in [2.05, 4.69) is 0 Å². The summed E-state index contributed by atoms with van der Waals surface area (Å²) in [5.74, 6) is -4.40. The largest absolute Gasteiger partial charge is 0.481 e. The molecule has 0 aliphatic heterocycles. The third kappa shape index (κ3) is 4.48. The van der Waals surface area contributed by atoms with E-state index in [9.17, 15) is 22.8 Å². The predicted molar refractivity (Wildman–Crippen MR) is 84.5 cm³/mol. The van der Waals surface area contributed by atoms with Crippen molar-refractivity contribution < 1.29 is 27.9 Å². The summed E-state index contributed by atoms with van der Waals surface area (Å²) in [5, 5.41) is 8.56. The summed E-state index contributed by atoms with van der Waals surface area (Å²) in [4.78, 5) is 22.5. The van der Waals surface area contributed by atoms with E-state index < -0.39 is 29.2 Å². The van der Waals surface area contributed by atoms with Gasteiger partial charge in [-0.3, -0.25) is 9.59 Å². The molecule has 0 spiro atoms. The molecule has 2 aromatic carbocycles. The highest BCUT2D eigenvalue weighted by Crippen LogP contribution is 2.23. The van der Waals surface area contributed by atoms with Crippen molar-refractivity contribution in [3.05, 3.63) is 71.1 Å². The molecule has 0 heterocycles. The van der Waals surface area contributed by atoms with Gasteiger partial charge in [-0.05, 0) is 42.5 Å². The normalized spacial score (nSPS) is 11.0. The number of ketones is 1. The van der Waals surface area contributed by atoms with Gasteiger partial charge in [0.05, 0.1) is 5.75 Å². The van der Waals surface area contributed by atoms with Gasteiger partial charge in [-0.25, -0.2) is 13.2 Å². The lowest BCUT2D eigenvalue weighted by Gasteiger charge is -2.03. The molecule has 0 atom stereocenters. The number of allylic oxidation sites excluding steroid dienone is 1. The Balaban J connectivity index is 2.17. The first-order valence-corrected chi connectivity index (χ1v) is 7.67. The average molecular weight is 352 g/mol. The molecule has 0 saturated heterocycles. The van der Waals surface area contributed by atoms with Crippen LogP contribution in [-0.4, -0.2) is 22.6 Å². The number of thioether (sulfide) groups is 1. The van der Waals surface area contributed by atoms with Crippen molar-refractivity contribution >= 4 is 29.6 Å². The molecule has 0 fully saturated rings. The van der Waals surface area contributed by atoms with Crippen LogP contribution in [0.1, 0.15) is 15.9 Å². The van der Waals surface area contributed by atoms with Crippen LogP contribution in [0.2, 0.25) is 0 Å². The predicted octanol–water partition coefficient (Wildman–Crippen LogP) is 4.18. The number of halogens is 3. The van der Waals surface area contributed by atoms with Gasteiger partial charge in [0.15, 0.2) is 5.78 Å². The second kappa shape index (κ2) is 7.83. The Kier molecular flexibility index (Phi) is 5.81. The molecule has 1 N–H and O–H groups in total. The third-order valence-corrected chi connectivity index (χ3v) is 4.00. The summed E-state index contributed by atoms with van der Waals surface area (Å²) in [6.45, 7) is 0. The Labute approximate surface area is 139 Å². The van der Waals surface area contributed by atoms with Gasteiger partial charge in [-0.15, -0.1) is 11.8 Å². The van der Waals surface area contributed by atoms with E-state index in [-0.39, 0.29) is 21.8 Å². The Hall–Kier alpha value is -2.54. The minimum Gasteiger partial charge on any atom is -0.481 e. The van der Waals surface area contributed by atoms with Crippen LogP contribution in [0.3, 0.4) is 0 Å². The zero-order valence-electron chi connectivity index (χ0n) is 12.1. The molecule has 0 radical (unpaired) electrons. The van der Waals surface area contributed by atoms with Crippen molar-refractivity contribution in [2.45, 2.75) is 4.90 Å². The van der Waals surface area contributed by atoms with Crippen LogP contribution in [0, 0.1) is 17.5 Å². The molecule has 0 aliphatic rings. The number of carbonyl (C=O) groups is 2. The van der Waals surface area contributed by atoms with Gasteiger partial charge < -0.3 is 5.11 Å². The van der Waals surface area contributed by atoms with Crippen LogP contribution in [-0.2, 0) is 4.79 Å². The zero-order chi connectivity index (χ0) is 17.7. The number of carbonyl (C=O) groups excluding carboxylic acids is 1. The summed E-state index contributed by atoms with van der Waals surface area (Å²) < 4.78 is 40.8. The Morgan fingerprint density at radius 2 is 1.71 bits per heavy atom. The highest BCUT2D eigenvalue weighted by atomic mass is 32.2. The van der Waals surface area contributed by atoms with Crippen LogP contribution in [0.25, 0.3) is 6.08 Å². The summed E-state index contributed by atoms with van der Waals surface area (Å²) in [6, 6.07) is 6.87. The quantitative estimate of drug-likeness (QED) is 0.481. The minimum atomic E-state index is -1.09. The van der Waals surface area contributed by atoms with E-state index in [1.165, 1.54) is 18.2 Å². The van der Waals surface area contributed by atoms with E-state index in [1.54, 1.807) is 0 Å². The second-order valence-corrected chi connectivity index (χ2v) is 5.68. The molecule has 3 nitrogen and oxygen atoms in total. The van der Waals surface area contributed by atoms with Crippen LogP contribution in [0.4, 0.5) is 13.2 Å². The number of aliphatic carboxylic acids is 1. The highest BCUT2D eigenvalue weighted by Gasteiger charge is 2.11. The first-order valence-electron chi connectivity index (χ1n) is 6.69. The minimum absolute atomic E-state index is 0.0137. The van der Waals surface area contributed by atoms with Crippen molar-refractivity contribution in [1.82, 2.24) is 0 Å². The second-order valence-electron chi connectivity index (χ2n) is 4.66. The molecule has 124 valence electrons.